The number of aromatic nitrogens is 2. The van der Waals surface area contributed by atoms with Crippen LogP contribution in [0.2, 0.25) is 0 Å². The van der Waals surface area contributed by atoms with Crippen LogP contribution >= 0.6 is 11.6 Å². The summed E-state index contributed by atoms with van der Waals surface area (Å²) in [4.78, 5) is 14.2. The van der Waals surface area contributed by atoms with Crippen molar-refractivity contribution in [2.24, 2.45) is 7.05 Å². The zero-order valence-corrected chi connectivity index (χ0v) is 14.7. The predicted octanol–water partition coefficient (Wildman–Crippen LogP) is 3.07. The average Bonchev–Trinajstić information content (AvgIpc) is 3.11. The number of methoxy groups -OCH3 is 1. The van der Waals surface area contributed by atoms with Gasteiger partial charge in [-0.15, -0.1) is 11.6 Å². The number of hydrogen-bond donors (Lipinski definition) is 0. The van der Waals surface area contributed by atoms with Crippen molar-refractivity contribution < 1.29 is 9.53 Å². The lowest BCUT2D eigenvalue weighted by atomic mass is 10.00. The van der Waals surface area contributed by atoms with E-state index >= 15 is 0 Å². The molecule has 0 saturated heterocycles. The van der Waals surface area contributed by atoms with E-state index in [0.29, 0.717) is 6.54 Å². The Morgan fingerprint density at radius 2 is 2.14 bits per heavy atom. The fraction of sp³-hybridized carbons (Fsp3) is 0.750. The van der Waals surface area contributed by atoms with Crippen molar-refractivity contribution in [1.29, 1.82) is 0 Å². The molecule has 1 amide bonds. The summed E-state index contributed by atoms with van der Waals surface area (Å²) in [7, 11) is 3.61. The summed E-state index contributed by atoms with van der Waals surface area (Å²) in [5.41, 5.74) is 1.52. The molecule has 0 bridgehead atoms. The molecule has 1 saturated carbocycles. The van der Waals surface area contributed by atoms with Crippen LogP contribution < -0.4 is 4.90 Å². The first-order chi connectivity index (χ1) is 10.4. The zero-order chi connectivity index (χ0) is 16.3. The van der Waals surface area contributed by atoms with Crippen LogP contribution in [0.25, 0.3) is 0 Å². The number of halogens is 1. The maximum Gasteiger partial charge on any atom is 0.242 e. The van der Waals surface area contributed by atoms with Gasteiger partial charge in [0.1, 0.15) is 5.88 Å². The third-order valence-corrected chi connectivity index (χ3v) is 4.71. The molecule has 0 unspecified atom stereocenters. The Morgan fingerprint density at radius 3 is 2.64 bits per heavy atom. The highest BCUT2D eigenvalue weighted by Gasteiger charge is 2.38. The van der Waals surface area contributed by atoms with Crippen LogP contribution in [0.4, 0.5) is 5.69 Å². The Hall–Kier alpha value is -1.07. The van der Waals surface area contributed by atoms with Crippen molar-refractivity contribution >= 4 is 23.2 Å². The number of hydrogen-bond acceptors (Lipinski definition) is 3. The molecule has 2 rings (SSSR count). The van der Waals surface area contributed by atoms with Crippen LogP contribution in [0.15, 0.2) is 6.20 Å². The van der Waals surface area contributed by atoms with E-state index in [2.05, 4.69) is 18.9 Å². The Balaban J connectivity index is 2.36. The van der Waals surface area contributed by atoms with Gasteiger partial charge in [0.2, 0.25) is 5.91 Å². The first-order valence-electron chi connectivity index (χ1n) is 7.87. The number of nitrogens with zero attached hydrogens (tertiary/aromatic N) is 3. The molecule has 0 aliphatic heterocycles. The standard InChI is InChI=1S/C16H26ClN3O2/c1-12(2)15-13(10-19(3)18-15)20(14(21)9-17)11-16(22-4)7-5-6-8-16/h10,12H,5-9,11H2,1-4H3. The molecule has 0 radical (unpaired) electrons. The van der Waals surface area contributed by atoms with E-state index in [0.717, 1.165) is 37.1 Å². The summed E-state index contributed by atoms with van der Waals surface area (Å²) >= 11 is 5.85. The second-order valence-electron chi connectivity index (χ2n) is 6.44. The second-order valence-corrected chi connectivity index (χ2v) is 6.70. The molecule has 0 spiro atoms. The monoisotopic (exact) mass is 327 g/mol. The van der Waals surface area contributed by atoms with Gasteiger partial charge in [-0.3, -0.25) is 9.48 Å². The van der Waals surface area contributed by atoms with E-state index in [1.54, 1.807) is 16.7 Å². The van der Waals surface area contributed by atoms with Gasteiger partial charge in [-0.25, -0.2) is 0 Å². The van der Waals surface area contributed by atoms with Gasteiger partial charge in [0.25, 0.3) is 0 Å². The highest BCUT2D eigenvalue weighted by atomic mass is 35.5. The molecule has 1 aliphatic rings. The first-order valence-corrected chi connectivity index (χ1v) is 8.41. The summed E-state index contributed by atoms with van der Waals surface area (Å²) in [5.74, 6) is 0.107. The minimum absolute atomic E-state index is 0.0355. The summed E-state index contributed by atoms with van der Waals surface area (Å²) in [5, 5.41) is 4.51. The van der Waals surface area contributed by atoms with Gasteiger partial charge in [-0.05, 0) is 18.8 Å². The fourth-order valence-corrected chi connectivity index (χ4v) is 3.37. The van der Waals surface area contributed by atoms with E-state index < -0.39 is 0 Å². The second kappa shape index (κ2) is 7.01. The lowest BCUT2D eigenvalue weighted by Crippen LogP contribution is -2.46. The van der Waals surface area contributed by atoms with E-state index in [1.165, 1.54) is 0 Å². The number of carbonyl (C=O) groups excluding carboxylic acids is 1. The topological polar surface area (TPSA) is 47.4 Å². The maximum atomic E-state index is 12.4. The summed E-state index contributed by atoms with van der Waals surface area (Å²) < 4.78 is 7.55. The van der Waals surface area contributed by atoms with Gasteiger partial charge in [0.05, 0.1) is 23.5 Å². The number of anilines is 1. The van der Waals surface area contributed by atoms with Crippen LogP contribution in [0.3, 0.4) is 0 Å². The van der Waals surface area contributed by atoms with Crippen molar-refractivity contribution in [2.75, 3.05) is 24.4 Å². The highest BCUT2D eigenvalue weighted by molar-refractivity contribution is 6.29. The van der Waals surface area contributed by atoms with Gasteiger partial charge in [-0.2, -0.15) is 5.10 Å². The molecule has 0 aromatic carbocycles. The number of carbonyl (C=O) groups is 1. The van der Waals surface area contributed by atoms with Crippen LogP contribution in [-0.2, 0) is 16.6 Å². The van der Waals surface area contributed by atoms with Gasteiger partial charge >= 0.3 is 0 Å². The lowest BCUT2D eigenvalue weighted by molar-refractivity contribution is -0.117. The van der Waals surface area contributed by atoms with Crippen LogP contribution in [0, 0.1) is 0 Å². The summed E-state index contributed by atoms with van der Waals surface area (Å²) in [6, 6.07) is 0. The molecule has 1 aromatic rings. The predicted molar refractivity (Wildman–Crippen MR) is 88.6 cm³/mol. The molecule has 1 heterocycles. The minimum atomic E-state index is -0.258. The molecule has 1 aliphatic carbocycles. The average molecular weight is 328 g/mol. The van der Waals surface area contributed by atoms with Gasteiger partial charge in [0, 0.05) is 20.4 Å². The van der Waals surface area contributed by atoms with E-state index in [1.807, 2.05) is 13.2 Å². The summed E-state index contributed by atoms with van der Waals surface area (Å²) in [6.07, 6.45) is 6.14. The van der Waals surface area contributed by atoms with Crippen LogP contribution in [-0.4, -0.2) is 40.8 Å². The Labute approximate surface area is 137 Å². The van der Waals surface area contributed by atoms with Crippen molar-refractivity contribution in [3.05, 3.63) is 11.9 Å². The molecular formula is C16H26ClN3O2. The molecular weight excluding hydrogens is 302 g/mol. The van der Waals surface area contributed by atoms with Gasteiger partial charge in [0.15, 0.2) is 0 Å². The smallest absolute Gasteiger partial charge is 0.242 e. The Bertz CT molecular complexity index is 521. The fourth-order valence-electron chi connectivity index (χ4n) is 3.23. The largest absolute Gasteiger partial charge is 0.376 e. The third kappa shape index (κ3) is 3.46. The minimum Gasteiger partial charge on any atom is -0.376 e. The van der Waals surface area contributed by atoms with Crippen LogP contribution in [0.1, 0.15) is 51.1 Å². The van der Waals surface area contributed by atoms with E-state index in [9.17, 15) is 4.79 Å². The molecule has 1 fully saturated rings. The Kier molecular flexibility index (Phi) is 5.50. The molecule has 124 valence electrons. The molecule has 0 atom stereocenters. The molecule has 1 aromatic heterocycles. The number of rotatable bonds is 6. The van der Waals surface area contributed by atoms with Crippen molar-refractivity contribution in [3.8, 4) is 0 Å². The quantitative estimate of drug-likeness (QED) is 0.754. The number of ether oxygens (including phenoxy) is 1. The zero-order valence-electron chi connectivity index (χ0n) is 13.9. The number of alkyl halides is 1. The highest BCUT2D eigenvalue weighted by Crippen LogP contribution is 2.36. The molecule has 5 nitrogen and oxygen atoms in total. The molecule has 6 heteroatoms. The third-order valence-electron chi connectivity index (χ3n) is 4.48. The summed E-state index contributed by atoms with van der Waals surface area (Å²) in [6.45, 7) is 4.70. The maximum absolute atomic E-state index is 12.4. The van der Waals surface area contributed by atoms with Gasteiger partial charge in [-0.1, -0.05) is 26.7 Å². The van der Waals surface area contributed by atoms with Crippen molar-refractivity contribution in [1.82, 2.24) is 9.78 Å². The lowest BCUT2D eigenvalue weighted by Gasteiger charge is -2.34. The van der Waals surface area contributed by atoms with Crippen molar-refractivity contribution in [2.45, 2.75) is 51.0 Å². The van der Waals surface area contributed by atoms with Gasteiger partial charge < -0.3 is 9.64 Å². The van der Waals surface area contributed by atoms with E-state index in [-0.39, 0.29) is 23.3 Å². The van der Waals surface area contributed by atoms with Crippen molar-refractivity contribution in [3.63, 3.8) is 0 Å². The number of aryl methyl sites for hydroxylation is 1. The van der Waals surface area contributed by atoms with Crippen LogP contribution in [0.5, 0.6) is 0 Å². The molecule has 0 N–H and O–H groups in total. The Morgan fingerprint density at radius 1 is 1.50 bits per heavy atom. The molecule has 22 heavy (non-hydrogen) atoms. The number of amides is 1. The van der Waals surface area contributed by atoms with E-state index in [4.69, 9.17) is 16.3 Å². The first kappa shape index (κ1) is 17.3. The normalized spacial score (nSPS) is 17.2. The SMILES string of the molecule is COC1(CN(C(=O)CCl)c2cn(C)nc2C(C)C)CCCC1.